The van der Waals surface area contributed by atoms with Gasteiger partial charge in [0, 0.05) is 13.5 Å². The zero-order valence-electron chi connectivity index (χ0n) is 18.2. The van der Waals surface area contributed by atoms with Gasteiger partial charge in [-0.15, -0.1) is 0 Å². The number of fused-ring (bicyclic) bond motifs is 2. The number of nitrogens with zero attached hydrogens (tertiary/aromatic N) is 2. The van der Waals surface area contributed by atoms with E-state index in [1.807, 2.05) is 19.9 Å². The molecule has 2 amide bonds. The minimum atomic E-state index is -0.904. The molecule has 0 unspecified atom stereocenters. The lowest BCUT2D eigenvalue weighted by atomic mass is 10.00. The monoisotopic (exact) mass is 434 g/mol. The zero-order chi connectivity index (χ0) is 22.7. The van der Waals surface area contributed by atoms with E-state index in [0.717, 1.165) is 11.1 Å². The fraction of sp³-hybridized carbons (Fsp3) is 0.476. The molecule has 2 atom stereocenters. The molecule has 2 aliphatic heterocycles. The molecule has 0 N–H and O–H groups in total. The molecule has 0 spiro atoms. The number of esters is 1. The van der Waals surface area contributed by atoms with Gasteiger partial charge in [-0.1, -0.05) is 0 Å². The van der Waals surface area contributed by atoms with Crippen molar-refractivity contribution >= 4 is 29.5 Å². The Bertz CT molecular complexity index is 854. The van der Waals surface area contributed by atoms with Gasteiger partial charge in [-0.05, 0) is 37.1 Å². The topological polar surface area (TPSA) is 104 Å². The Balaban J connectivity index is 2.03. The Morgan fingerprint density at radius 2 is 1.58 bits per heavy atom. The fourth-order valence-corrected chi connectivity index (χ4v) is 3.64. The third-order valence-electron chi connectivity index (χ3n) is 5.26. The number of aryl methyl sites for hydroxylation is 2. The second-order valence-electron chi connectivity index (χ2n) is 7.16. The SMILES string of the molecule is COCCOC(=O)/C=C1\C[C@H]2[C@@H](O1)N(C(=O)OC)c1cc(C)c(C)cc1N2C(=O)OC. The molecule has 0 aliphatic carbocycles. The van der Waals surface area contributed by atoms with Crippen molar-refractivity contribution in [2.75, 3.05) is 44.3 Å². The van der Waals surface area contributed by atoms with Crippen LogP contribution < -0.4 is 9.80 Å². The maximum absolute atomic E-state index is 12.7. The first-order chi connectivity index (χ1) is 14.8. The van der Waals surface area contributed by atoms with Gasteiger partial charge in [0.15, 0.2) is 0 Å². The summed E-state index contributed by atoms with van der Waals surface area (Å²) in [6.45, 7) is 4.17. The number of carbonyl (C=O) groups is 3. The first-order valence-electron chi connectivity index (χ1n) is 9.70. The van der Waals surface area contributed by atoms with Gasteiger partial charge in [0.2, 0.25) is 6.23 Å². The minimum Gasteiger partial charge on any atom is -0.472 e. The van der Waals surface area contributed by atoms with Gasteiger partial charge >= 0.3 is 18.2 Å². The molecule has 10 nitrogen and oxygen atoms in total. The van der Waals surface area contributed by atoms with Crippen LogP contribution in [0.4, 0.5) is 21.0 Å². The summed E-state index contributed by atoms with van der Waals surface area (Å²) in [4.78, 5) is 40.3. The van der Waals surface area contributed by atoms with E-state index >= 15 is 0 Å². The maximum atomic E-state index is 12.7. The van der Waals surface area contributed by atoms with E-state index in [2.05, 4.69) is 0 Å². The molecule has 1 fully saturated rings. The Hall–Kier alpha value is -3.27. The van der Waals surface area contributed by atoms with E-state index in [9.17, 15) is 14.4 Å². The summed E-state index contributed by atoms with van der Waals surface area (Å²) >= 11 is 0. The van der Waals surface area contributed by atoms with E-state index in [4.69, 9.17) is 23.7 Å². The third-order valence-corrected chi connectivity index (χ3v) is 5.26. The quantitative estimate of drug-likeness (QED) is 0.308. The fourth-order valence-electron chi connectivity index (χ4n) is 3.64. The predicted molar refractivity (Wildman–Crippen MR) is 110 cm³/mol. The summed E-state index contributed by atoms with van der Waals surface area (Å²) in [5.74, 6) is -0.328. The molecule has 1 aromatic rings. The maximum Gasteiger partial charge on any atom is 0.417 e. The number of hydrogen-bond acceptors (Lipinski definition) is 8. The lowest BCUT2D eigenvalue weighted by molar-refractivity contribution is -0.139. The first kappa shape index (κ1) is 22.4. The van der Waals surface area contributed by atoms with Crippen molar-refractivity contribution in [3.63, 3.8) is 0 Å². The number of hydrogen-bond donors (Lipinski definition) is 0. The molecular formula is C21H26N2O8. The molecule has 1 saturated heterocycles. The first-order valence-corrected chi connectivity index (χ1v) is 9.70. The van der Waals surface area contributed by atoms with Crippen LogP contribution in [0.25, 0.3) is 0 Å². The highest BCUT2D eigenvalue weighted by atomic mass is 16.6. The molecule has 3 rings (SSSR count). The van der Waals surface area contributed by atoms with Crippen LogP contribution in [0.15, 0.2) is 24.0 Å². The number of rotatable bonds is 4. The van der Waals surface area contributed by atoms with E-state index in [0.29, 0.717) is 11.4 Å². The van der Waals surface area contributed by atoms with Crippen molar-refractivity contribution in [1.82, 2.24) is 0 Å². The Labute approximate surface area is 180 Å². The zero-order valence-corrected chi connectivity index (χ0v) is 18.2. The molecular weight excluding hydrogens is 408 g/mol. The van der Waals surface area contributed by atoms with Crippen LogP contribution in [0.2, 0.25) is 0 Å². The van der Waals surface area contributed by atoms with Crippen molar-refractivity contribution in [1.29, 1.82) is 0 Å². The summed E-state index contributed by atoms with van der Waals surface area (Å²) in [7, 11) is 4.05. The average molecular weight is 434 g/mol. The lowest BCUT2D eigenvalue weighted by Gasteiger charge is -2.42. The van der Waals surface area contributed by atoms with Crippen LogP contribution in [0.3, 0.4) is 0 Å². The largest absolute Gasteiger partial charge is 0.472 e. The van der Waals surface area contributed by atoms with Gasteiger partial charge in [0.05, 0.1) is 38.3 Å². The highest BCUT2D eigenvalue weighted by Gasteiger charge is 2.51. The van der Waals surface area contributed by atoms with Crippen LogP contribution in [0.5, 0.6) is 0 Å². The standard InChI is InChI=1S/C21H26N2O8/c1-12-8-15-16(9-13(12)2)23(21(26)29-5)19-17(22(15)20(25)28-4)10-14(31-19)11-18(24)30-7-6-27-3/h8-9,11,17,19H,6-7,10H2,1-5H3/b14-11+/t17-,19+/m0/s1. The van der Waals surface area contributed by atoms with Gasteiger partial charge < -0.3 is 23.7 Å². The van der Waals surface area contributed by atoms with Crippen molar-refractivity contribution in [2.45, 2.75) is 32.5 Å². The number of ether oxygens (including phenoxy) is 5. The third kappa shape index (κ3) is 4.29. The molecule has 0 bridgehead atoms. The summed E-state index contributed by atoms with van der Waals surface area (Å²) in [6, 6.07) is 2.98. The van der Waals surface area contributed by atoms with E-state index < -0.39 is 30.4 Å². The molecule has 2 heterocycles. The second-order valence-corrected chi connectivity index (χ2v) is 7.16. The van der Waals surface area contributed by atoms with Gasteiger partial charge in [-0.25, -0.2) is 19.3 Å². The lowest BCUT2D eigenvalue weighted by Crippen LogP contribution is -2.58. The molecule has 0 aromatic heterocycles. The van der Waals surface area contributed by atoms with Gasteiger partial charge in [-0.3, -0.25) is 4.90 Å². The molecule has 0 saturated carbocycles. The highest BCUT2D eigenvalue weighted by Crippen LogP contribution is 2.46. The number of anilines is 2. The van der Waals surface area contributed by atoms with E-state index in [1.54, 1.807) is 6.07 Å². The summed E-state index contributed by atoms with van der Waals surface area (Å²) in [5.41, 5.74) is 2.80. The number of carbonyl (C=O) groups excluding carboxylic acids is 3. The van der Waals surface area contributed by atoms with E-state index in [-0.39, 0.29) is 25.4 Å². The molecule has 168 valence electrons. The van der Waals surface area contributed by atoms with Crippen LogP contribution in [-0.2, 0) is 28.5 Å². The molecule has 1 aromatic carbocycles. The average Bonchev–Trinajstić information content (AvgIpc) is 3.14. The molecule has 0 radical (unpaired) electrons. The van der Waals surface area contributed by atoms with E-state index in [1.165, 1.54) is 37.2 Å². The van der Waals surface area contributed by atoms with Crippen molar-refractivity contribution in [3.05, 3.63) is 35.1 Å². The molecule has 31 heavy (non-hydrogen) atoms. The van der Waals surface area contributed by atoms with Crippen molar-refractivity contribution in [2.24, 2.45) is 0 Å². The van der Waals surface area contributed by atoms with Crippen molar-refractivity contribution in [3.8, 4) is 0 Å². The Morgan fingerprint density at radius 1 is 1.00 bits per heavy atom. The summed E-state index contributed by atoms with van der Waals surface area (Å²) < 4.78 is 25.8. The Morgan fingerprint density at radius 3 is 2.16 bits per heavy atom. The Kier molecular flexibility index (Phi) is 6.69. The van der Waals surface area contributed by atoms with Crippen LogP contribution in [0, 0.1) is 13.8 Å². The molecule has 10 heteroatoms. The predicted octanol–water partition coefficient (Wildman–Crippen LogP) is 2.65. The smallest absolute Gasteiger partial charge is 0.417 e. The number of methoxy groups -OCH3 is 3. The van der Waals surface area contributed by atoms with Gasteiger partial charge in [-0.2, -0.15) is 0 Å². The minimum absolute atomic E-state index is 0.0958. The van der Waals surface area contributed by atoms with Gasteiger partial charge in [0.1, 0.15) is 18.4 Å². The molecule has 2 aliphatic rings. The summed E-state index contributed by atoms with van der Waals surface area (Å²) in [5, 5.41) is 0. The van der Waals surface area contributed by atoms with Crippen LogP contribution in [-0.4, -0.2) is 65.0 Å². The number of benzene rings is 1. The van der Waals surface area contributed by atoms with Crippen LogP contribution in [0.1, 0.15) is 17.5 Å². The summed E-state index contributed by atoms with van der Waals surface area (Å²) in [6.07, 6.45) is -0.761. The van der Waals surface area contributed by atoms with Crippen LogP contribution >= 0.6 is 0 Å². The highest BCUT2D eigenvalue weighted by molar-refractivity contribution is 6.02. The normalized spacial score (nSPS) is 20.6. The second kappa shape index (κ2) is 9.25. The van der Waals surface area contributed by atoms with Gasteiger partial charge in [0.25, 0.3) is 0 Å². The number of amides is 2. The van der Waals surface area contributed by atoms with Crippen molar-refractivity contribution < 1.29 is 38.1 Å².